The van der Waals surface area contributed by atoms with Gasteiger partial charge < -0.3 is 10.4 Å². The van der Waals surface area contributed by atoms with Crippen molar-refractivity contribution < 1.29 is 23.5 Å². The average molecular weight is 277 g/mol. The highest BCUT2D eigenvalue weighted by Crippen LogP contribution is 2.19. The van der Waals surface area contributed by atoms with Crippen LogP contribution in [0.3, 0.4) is 0 Å². The second kappa shape index (κ2) is 5.48. The molecule has 2 aromatic rings. The first-order valence-electron chi connectivity index (χ1n) is 5.58. The number of hydrogen-bond acceptors (Lipinski definition) is 2. The Morgan fingerprint density at radius 1 is 0.900 bits per heavy atom. The largest absolute Gasteiger partial charge is 0.478 e. The number of carboxylic acid groups (broad SMARTS) is 1. The molecule has 0 saturated carbocycles. The standard InChI is InChI=1S/C14H9F2NO3/c15-10-2-1-3-11(16)12(10)17-13(18)8-4-6-9(7-5-8)14(19)20/h1-7H,(H,17,18)(H,19,20). The van der Waals surface area contributed by atoms with Gasteiger partial charge in [0.2, 0.25) is 0 Å². The first-order valence-corrected chi connectivity index (χ1v) is 5.58. The minimum atomic E-state index is -1.13. The van der Waals surface area contributed by atoms with E-state index in [0.29, 0.717) is 0 Å². The molecule has 102 valence electrons. The maximum Gasteiger partial charge on any atom is 0.335 e. The maximum atomic E-state index is 13.4. The molecule has 1 amide bonds. The van der Waals surface area contributed by atoms with Gasteiger partial charge in [-0.05, 0) is 36.4 Å². The molecule has 2 N–H and O–H groups in total. The lowest BCUT2D eigenvalue weighted by atomic mass is 10.1. The molecule has 0 aliphatic rings. The average Bonchev–Trinajstić information content (AvgIpc) is 2.43. The molecule has 0 fully saturated rings. The van der Waals surface area contributed by atoms with Gasteiger partial charge in [0, 0.05) is 5.56 Å². The molecule has 0 aliphatic heterocycles. The molecule has 0 radical (unpaired) electrons. The van der Waals surface area contributed by atoms with Crippen molar-refractivity contribution >= 4 is 17.6 Å². The number of benzene rings is 2. The lowest BCUT2D eigenvalue weighted by Crippen LogP contribution is -2.14. The van der Waals surface area contributed by atoms with Crippen molar-refractivity contribution in [3.63, 3.8) is 0 Å². The lowest BCUT2D eigenvalue weighted by molar-refractivity contribution is 0.0696. The van der Waals surface area contributed by atoms with Crippen molar-refractivity contribution in [3.8, 4) is 0 Å². The van der Waals surface area contributed by atoms with Crippen molar-refractivity contribution in [2.45, 2.75) is 0 Å². The van der Waals surface area contributed by atoms with Gasteiger partial charge in [-0.25, -0.2) is 13.6 Å². The van der Waals surface area contributed by atoms with E-state index in [-0.39, 0.29) is 11.1 Å². The minimum Gasteiger partial charge on any atom is -0.478 e. The van der Waals surface area contributed by atoms with E-state index in [1.807, 2.05) is 0 Å². The van der Waals surface area contributed by atoms with E-state index >= 15 is 0 Å². The van der Waals surface area contributed by atoms with Crippen LogP contribution >= 0.6 is 0 Å². The summed E-state index contributed by atoms with van der Waals surface area (Å²) < 4.78 is 26.7. The molecule has 4 nitrogen and oxygen atoms in total. The number of hydrogen-bond donors (Lipinski definition) is 2. The zero-order valence-corrected chi connectivity index (χ0v) is 10.1. The highest BCUT2D eigenvalue weighted by atomic mass is 19.1. The number of carbonyl (C=O) groups excluding carboxylic acids is 1. The smallest absolute Gasteiger partial charge is 0.335 e. The number of aromatic carboxylic acids is 1. The number of amides is 1. The molecule has 2 rings (SSSR count). The van der Waals surface area contributed by atoms with Crippen LogP contribution in [-0.2, 0) is 0 Å². The molecule has 20 heavy (non-hydrogen) atoms. The van der Waals surface area contributed by atoms with Gasteiger partial charge in [-0.2, -0.15) is 0 Å². The Labute approximate surface area is 112 Å². The third-order valence-corrected chi connectivity index (χ3v) is 2.60. The fourth-order valence-corrected chi connectivity index (χ4v) is 1.57. The molecule has 0 heterocycles. The molecule has 0 saturated heterocycles. The van der Waals surface area contributed by atoms with Gasteiger partial charge in [0.15, 0.2) is 0 Å². The van der Waals surface area contributed by atoms with Gasteiger partial charge >= 0.3 is 5.97 Å². The summed E-state index contributed by atoms with van der Waals surface area (Å²) >= 11 is 0. The summed E-state index contributed by atoms with van der Waals surface area (Å²) in [6.45, 7) is 0. The number of rotatable bonds is 3. The first kappa shape index (κ1) is 13.7. The number of anilines is 1. The Morgan fingerprint density at radius 3 is 1.90 bits per heavy atom. The Balaban J connectivity index is 2.22. The Bertz CT molecular complexity index is 648. The SMILES string of the molecule is O=C(O)c1ccc(C(=O)Nc2c(F)cccc2F)cc1. The van der Waals surface area contributed by atoms with E-state index in [0.717, 1.165) is 12.1 Å². The molecule has 0 spiro atoms. The van der Waals surface area contributed by atoms with Crippen LogP contribution in [0.25, 0.3) is 0 Å². The van der Waals surface area contributed by atoms with Gasteiger partial charge in [-0.1, -0.05) is 6.07 Å². The third-order valence-electron chi connectivity index (χ3n) is 2.60. The molecule has 0 aliphatic carbocycles. The van der Waals surface area contributed by atoms with Crippen LogP contribution < -0.4 is 5.32 Å². The molecule has 0 atom stereocenters. The third kappa shape index (κ3) is 2.80. The summed E-state index contributed by atoms with van der Waals surface area (Å²) in [6, 6.07) is 8.21. The number of carbonyl (C=O) groups is 2. The summed E-state index contributed by atoms with van der Waals surface area (Å²) in [6.07, 6.45) is 0. The normalized spacial score (nSPS) is 10.1. The number of nitrogens with one attached hydrogen (secondary N) is 1. The van der Waals surface area contributed by atoms with Crippen molar-refractivity contribution in [1.82, 2.24) is 0 Å². The minimum absolute atomic E-state index is 0.0126. The van der Waals surface area contributed by atoms with Gasteiger partial charge in [0.1, 0.15) is 17.3 Å². The van der Waals surface area contributed by atoms with E-state index < -0.39 is 29.2 Å². The Kier molecular flexibility index (Phi) is 3.74. The summed E-state index contributed by atoms with van der Waals surface area (Å²) in [5, 5.41) is 10.8. The van der Waals surface area contributed by atoms with Crippen LogP contribution in [0.4, 0.5) is 14.5 Å². The predicted molar refractivity (Wildman–Crippen MR) is 67.7 cm³/mol. The maximum absolute atomic E-state index is 13.4. The zero-order chi connectivity index (χ0) is 14.7. The number of halogens is 2. The monoisotopic (exact) mass is 277 g/mol. The summed E-state index contributed by atoms with van der Waals surface area (Å²) in [5.41, 5.74) is -0.434. The first-order chi connectivity index (χ1) is 9.49. The van der Waals surface area contributed by atoms with E-state index in [1.54, 1.807) is 0 Å². The number of para-hydroxylation sites is 1. The van der Waals surface area contributed by atoms with Crippen LogP contribution in [0, 0.1) is 11.6 Å². The molecule has 0 unspecified atom stereocenters. The molecular weight excluding hydrogens is 268 g/mol. The molecule has 2 aromatic carbocycles. The second-order valence-corrected chi connectivity index (χ2v) is 3.93. The number of carboxylic acids is 1. The summed E-state index contributed by atoms with van der Waals surface area (Å²) in [4.78, 5) is 22.5. The van der Waals surface area contributed by atoms with Gasteiger partial charge in [-0.15, -0.1) is 0 Å². The highest BCUT2D eigenvalue weighted by Gasteiger charge is 2.13. The van der Waals surface area contributed by atoms with Crippen molar-refractivity contribution in [1.29, 1.82) is 0 Å². The quantitative estimate of drug-likeness (QED) is 0.906. The Morgan fingerprint density at radius 2 is 1.40 bits per heavy atom. The Hall–Kier alpha value is -2.76. The zero-order valence-electron chi connectivity index (χ0n) is 10.1. The van der Waals surface area contributed by atoms with E-state index in [1.165, 1.54) is 30.3 Å². The van der Waals surface area contributed by atoms with Gasteiger partial charge in [-0.3, -0.25) is 4.79 Å². The van der Waals surface area contributed by atoms with Crippen LogP contribution in [0.5, 0.6) is 0 Å². The van der Waals surface area contributed by atoms with Crippen molar-refractivity contribution in [3.05, 3.63) is 65.2 Å². The summed E-state index contributed by atoms with van der Waals surface area (Å²) in [7, 11) is 0. The topological polar surface area (TPSA) is 66.4 Å². The molecule has 0 aromatic heterocycles. The molecule has 0 bridgehead atoms. The highest BCUT2D eigenvalue weighted by molar-refractivity contribution is 6.04. The van der Waals surface area contributed by atoms with E-state index in [2.05, 4.69) is 5.32 Å². The van der Waals surface area contributed by atoms with Crippen LogP contribution in [-0.4, -0.2) is 17.0 Å². The van der Waals surface area contributed by atoms with E-state index in [9.17, 15) is 18.4 Å². The van der Waals surface area contributed by atoms with E-state index in [4.69, 9.17) is 5.11 Å². The van der Waals surface area contributed by atoms with Gasteiger partial charge in [0.05, 0.1) is 5.56 Å². The molecule has 6 heteroatoms. The predicted octanol–water partition coefficient (Wildman–Crippen LogP) is 2.92. The van der Waals surface area contributed by atoms with Crippen LogP contribution in [0.15, 0.2) is 42.5 Å². The van der Waals surface area contributed by atoms with Gasteiger partial charge in [0.25, 0.3) is 5.91 Å². The summed E-state index contributed by atoms with van der Waals surface area (Å²) in [5.74, 6) is -3.64. The van der Waals surface area contributed by atoms with Crippen molar-refractivity contribution in [2.24, 2.45) is 0 Å². The fraction of sp³-hybridized carbons (Fsp3) is 0. The second-order valence-electron chi connectivity index (χ2n) is 3.93. The van der Waals surface area contributed by atoms with Crippen LogP contribution in [0.2, 0.25) is 0 Å². The molecular formula is C14H9F2NO3. The van der Waals surface area contributed by atoms with Crippen LogP contribution in [0.1, 0.15) is 20.7 Å². The fourth-order valence-electron chi connectivity index (χ4n) is 1.57. The van der Waals surface area contributed by atoms with Crippen molar-refractivity contribution in [2.75, 3.05) is 5.32 Å². The lowest BCUT2D eigenvalue weighted by Gasteiger charge is -2.07.